The van der Waals surface area contributed by atoms with Crippen molar-refractivity contribution in [1.29, 1.82) is 0 Å². The first kappa shape index (κ1) is 16.1. The lowest BCUT2D eigenvalue weighted by atomic mass is 9.84. The van der Waals surface area contributed by atoms with Gasteiger partial charge in [0.25, 0.3) is 0 Å². The summed E-state index contributed by atoms with van der Waals surface area (Å²) < 4.78 is 10.8. The highest BCUT2D eigenvalue weighted by molar-refractivity contribution is 5.78. The Bertz CT molecular complexity index is 393. The summed E-state index contributed by atoms with van der Waals surface area (Å²) in [6.07, 6.45) is 2.00. The van der Waals surface area contributed by atoms with E-state index in [2.05, 4.69) is 12.2 Å². The molecular formula is C15H26N2O4. The fraction of sp³-hybridized carbons (Fsp3) is 0.867. The number of rotatable bonds is 4. The number of nitrogens with zero attached hydrogens (tertiary/aromatic N) is 1. The smallest absolute Gasteiger partial charge is 0.410 e. The Balaban J connectivity index is 1.57. The van der Waals surface area contributed by atoms with Gasteiger partial charge in [-0.3, -0.25) is 4.79 Å². The molecule has 2 amide bonds. The molecule has 2 aliphatic rings. The zero-order valence-electron chi connectivity index (χ0n) is 13.3. The third-order valence-corrected chi connectivity index (χ3v) is 3.68. The third-order valence-electron chi connectivity index (χ3n) is 3.68. The SMILES string of the molecule is CC1CC(OCC(=O)NC2CN(C(=O)OC(C)(C)C)C2)C1. The van der Waals surface area contributed by atoms with Crippen molar-refractivity contribution in [2.75, 3.05) is 19.7 Å². The van der Waals surface area contributed by atoms with E-state index >= 15 is 0 Å². The summed E-state index contributed by atoms with van der Waals surface area (Å²) >= 11 is 0. The van der Waals surface area contributed by atoms with Crippen LogP contribution in [0, 0.1) is 5.92 Å². The first-order chi connectivity index (χ1) is 9.73. The van der Waals surface area contributed by atoms with Gasteiger partial charge in [-0.2, -0.15) is 0 Å². The Kier molecular flexibility index (Phi) is 4.76. The normalized spacial score (nSPS) is 25.8. The molecule has 21 heavy (non-hydrogen) atoms. The quantitative estimate of drug-likeness (QED) is 0.855. The minimum absolute atomic E-state index is 0.00827. The van der Waals surface area contributed by atoms with E-state index in [1.807, 2.05) is 20.8 Å². The summed E-state index contributed by atoms with van der Waals surface area (Å²) in [6, 6.07) is 0.00827. The van der Waals surface area contributed by atoms with Crippen LogP contribution in [0.3, 0.4) is 0 Å². The average molecular weight is 298 g/mol. The number of hydrogen-bond donors (Lipinski definition) is 1. The van der Waals surface area contributed by atoms with Crippen LogP contribution in [-0.4, -0.2) is 54.3 Å². The van der Waals surface area contributed by atoms with E-state index in [1.54, 1.807) is 4.90 Å². The van der Waals surface area contributed by atoms with Gasteiger partial charge < -0.3 is 19.7 Å². The number of hydrogen-bond acceptors (Lipinski definition) is 4. The minimum Gasteiger partial charge on any atom is -0.444 e. The lowest BCUT2D eigenvalue weighted by Crippen LogP contribution is -2.62. The fourth-order valence-electron chi connectivity index (χ4n) is 2.47. The highest BCUT2D eigenvalue weighted by atomic mass is 16.6. The molecule has 0 bridgehead atoms. The lowest BCUT2D eigenvalue weighted by Gasteiger charge is -2.40. The number of likely N-dealkylation sites (tertiary alicyclic amines) is 1. The predicted octanol–water partition coefficient (Wildman–Crippen LogP) is 1.54. The highest BCUT2D eigenvalue weighted by Gasteiger charge is 2.34. The van der Waals surface area contributed by atoms with Gasteiger partial charge in [0.05, 0.1) is 12.1 Å². The molecule has 1 saturated heterocycles. The van der Waals surface area contributed by atoms with Crippen LogP contribution in [-0.2, 0) is 14.3 Å². The molecule has 1 heterocycles. The van der Waals surface area contributed by atoms with Crippen molar-refractivity contribution in [2.24, 2.45) is 5.92 Å². The van der Waals surface area contributed by atoms with Crippen LogP contribution in [0.1, 0.15) is 40.5 Å². The summed E-state index contributed by atoms with van der Waals surface area (Å²) in [6.45, 7) is 8.80. The van der Waals surface area contributed by atoms with Crippen molar-refractivity contribution < 1.29 is 19.1 Å². The summed E-state index contributed by atoms with van der Waals surface area (Å²) in [5.74, 6) is 0.607. The molecule has 0 aromatic heterocycles. The summed E-state index contributed by atoms with van der Waals surface area (Å²) in [7, 11) is 0. The molecule has 0 aromatic carbocycles. The highest BCUT2D eigenvalue weighted by Crippen LogP contribution is 2.28. The molecule has 0 spiro atoms. The third kappa shape index (κ3) is 4.88. The Morgan fingerprint density at radius 1 is 1.24 bits per heavy atom. The van der Waals surface area contributed by atoms with Crippen LogP contribution in [0.4, 0.5) is 4.79 Å². The van der Waals surface area contributed by atoms with Crippen molar-refractivity contribution in [3.63, 3.8) is 0 Å². The molecule has 2 rings (SSSR count). The van der Waals surface area contributed by atoms with Gasteiger partial charge in [-0.05, 0) is 39.5 Å². The van der Waals surface area contributed by atoms with Gasteiger partial charge in [-0.25, -0.2) is 4.79 Å². The Morgan fingerprint density at radius 2 is 1.86 bits per heavy atom. The molecule has 2 fully saturated rings. The monoisotopic (exact) mass is 298 g/mol. The van der Waals surface area contributed by atoms with Crippen LogP contribution in [0.25, 0.3) is 0 Å². The topological polar surface area (TPSA) is 67.9 Å². The second kappa shape index (κ2) is 6.22. The molecular weight excluding hydrogens is 272 g/mol. The number of carbonyl (C=O) groups is 2. The first-order valence-electron chi connectivity index (χ1n) is 7.62. The van der Waals surface area contributed by atoms with Gasteiger partial charge in [0, 0.05) is 13.1 Å². The van der Waals surface area contributed by atoms with Crippen LogP contribution < -0.4 is 5.32 Å². The van der Waals surface area contributed by atoms with Crippen molar-refractivity contribution in [2.45, 2.75) is 58.3 Å². The number of carbonyl (C=O) groups excluding carboxylic acids is 2. The lowest BCUT2D eigenvalue weighted by molar-refractivity contribution is -0.132. The molecule has 0 unspecified atom stereocenters. The second-order valence-corrected chi connectivity index (χ2v) is 7.16. The maximum atomic E-state index is 11.7. The molecule has 6 nitrogen and oxygen atoms in total. The number of ether oxygens (including phenoxy) is 2. The van der Waals surface area contributed by atoms with Crippen molar-refractivity contribution in [3.8, 4) is 0 Å². The van der Waals surface area contributed by atoms with Crippen molar-refractivity contribution in [3.05, 3.63) is 0 Å². The van der Waals surface area contributed by atoms with E-state index in [4.69, 9.17) is 9.47 Å². The molecule has 1 N–H and O–H groups in total. The van der Waals surface area contributed by atoms with E-state index in [1.165, 1.54) is 0 Å². The summed E-state index contributed by atoms with van der Waals surface area (Å²) in [4.78, 5) is 25.0. The van der Waals surface area contributed by atoms with Gasteiger partial charge >= 0.3 is 6.09 Å². The zero-order valence-corrected chi connectivity index (χ0v) is 13.3. The van der Waals surface area contributed by atoms with Crippen molar-refractivity contribution in [1.82, 2.24) is 10.2 Å². The minimum atomic E-state index is -0.487. The zero-order chi connectivity index (χ0) is 15.6. The van der Waals surface area contributed by atoms with Crippen LogP contribution in [0.15, 0.2) is 0 Å². The standard InChI is InChI=1S/C15H26N2O4/c1-10-5-12(6-10)20-9-13(18)16-11-7-17(8-11)14(19)21-15(2,3)4/h10-12H,5-9H2,1-4H3,(H,16,18). The predicted molar refractivity (Wildman–Crippen MR) is 77.9 cm³/mol. The van der Waals surface area contributed by atoms with E-state index in [-0.39, 0.29) is 30.8 Å². The van der Waals surface area contributed by atoms with Gasteiger partial charge in [0.2, 0.25) is 5.91 Å². The van der Waals surface area contributed by atoms with E-state index < -0.39 is 5.60 Å². The molecule has 0 atom stereocenters. The Morgan fingerprint density at radius 3 is 2.38 bits per heavy atom. The largest absolute Gasteiger partial charge is 0.444 e. The Hall–Kier alpha value is -1.30. The molecule has 6 heteroatoms. The number of amides is 2. The molecule has 1 saturated carbocycles. The molecule has 1 aliphatic carbocycles. The fourth-order valence-corrected chi connectivity index (χ4v) is 2.47. The van der Waals surface area contributed by atoms with Crippen molar-refractivity contribution >= 4 is 12.0 Å². The van der Waals surface area contributed by atoms with Crippen LogP contribution >= 0.6 is 0 Å². The van der Waals surface area contributed by atoms with E-state index in [0.717, 1.165) is 12.8 Å². The average Bonchev–Trinajstić information content (AvgIpc) is 2.24. The second-order valence-electron chi connectivity index (χ2n) is 7.16. The molecule has 1 aliphatic heterocycles. The molecule has 120 valence electrons. The number of nitrogens with one attached hydrogen (secondary N) is 1. The Labute approximate surface area is 126 Å². The van der Waals surface area contributed by atoms with E-state index in [9.17, 15) is 9.59 Å². The summed E-state index contributed by atoms with van der Waals surface area (Å²) in [5, 5.41) is 2.87. The molecule has 0 aromatic rings. The van der Waals surface area contributed by atoms with Gasteiger partial charge in [0.1, 0.15) is 12.2 Å². The van der Waals surface area contributed by atoms with Gasteiger partial charge in [-0.15, -0.1) is 0 Å². The maximum Gasteiger partial charge on any atom is 0.410 e. The first-order valence-corrected chi connectivity index (χ1v) is 7.62. The summed E-state index contributed by atoms with van der Waals surface area (Å²) in [5.41, 5.74) is -0.487. The van der Waals surface area contributed by atoms with E-state index in [0.29, 0.717) is 19.0 Å². The van der Waals surface area contributed by atoms with Crippen LogP contribution in [0.5, 0.6) is 0 Å². The van der Waals surface area contributed by atoms with Crippen LogP contribution in [0.2, 0.25) is 0 Å². The maximum absolute atomic E-state index is 11.7. The molecule has 0 radical (unpaired) electrons. The van der Waals surface area contributed by atoms with Gasteiger partial charge in [0.15, 0.2) is 0 Å². The van der Waals surface area contributed by atoms with Gasteiger partial charge in [-0.1, -0.05) is 6.92 Å².